The highest BCUT2D eigenvalue weighted by molar-refractivity contribution is 5.93. The molecule has 0 atom stereocenters. The molecule has 0 aliphatic heterocycles. The highest BCUT2D eigenvalue weighted by Gasteiger charge is 2.11. The molecule has 0 saturated heterocycles. The number of benzene rings is 2. The van der Waals surface area contributed by atoms with E-state index in [-0.39, 0.29) is 5.56 Å². The SMILES string of the molecule is CC(C)c1ccccc1Cc1cccc(Nc2ncccc2C(=O)O)c1. The van der Waals surface area contributed by atoms with Crippen LogP contribution in [0.4, 0.5) is 11.5 Å². The van der Waals surface area contributed by atoms with Gasteiger partial charge in [0.25, 0.3) is 0 Å². The molecule has 0 fully saturated rings. The molecular formula is C22H22N2O2. The molecule has 0 saturated carbocycles. The monoisotopic (exact) mass is 346 g/mol. The van der Waals surface area contributed by atoms with Crippen LogP contribution in [-0.2, 0) is 6.42 Å². The number of hydrogen-bond acceptors (Lipinski definition) is 3. The molecule has 0 aliphatic rings. The number of anilines is 2. The second-order valence-electron chi connectivity index (χ2n) is 6.56. The van der Waals surface area contributed by atoms with Gasteiger partial charge in [0.2, 0.25) is 0 Å². The second-order valence-corrected chi connectivity index (χ2v) is 6.56. The Morgan fingerprint density at radius 1 is 1.08 bits per heavy atom. The second kappa shape index (κ2) is 7.83. The Kier molecular flexibility index (Phi) is 5.32. The van der Waals surface area contributed by atoms with Crippen molar-refractivity contribution in [3.05, 3.63) is 89.1 Å². The van der Waals surface area contributed by atoms with Crippen molar-refractivity contribution in [3.63, 3.8) is 0 Å². The van der Waals surface area contributed by atoms with Crippen LogP contribution in [0.3, 0.4) is 0 Å². The van der Waals surface area contributed by atoms with Gasteiger partial charge in [-0.05, 0) is 53.3 Å². The van der Waals surface area contributed by atoms with Crippen molar-refractivity contribution in [1.29, 1.82) is 0 Å². The Morgan fingerprint density at radius 2 is 1.88 bits per heavy atom. The number of hydrogen-bond donors (Lipinski definition) is 2. The van der Waals surface area contributed by atoms with Crippen molar-refractivity contribution in [2.45, 2.75) is 26.2 Å². The molecule has 2 N–H and O–H groups in total. The first kappa shape index (κ1) is 17.7. The zero-order valence-electron chi connectivity index (χ0n) is 14.9. The number of pyridine rings is 1. The lowest BCUT2D eigenvalue weighted by Crippen LogP contribution is -2.04. The summed E-state index contributed by atoms with van der Waals surface area (Å²) in [5, 5.41) is 12.4. The van der Waals surface area contributed by atoms with Gasteiger partial charge < -0.3 is 10.4 Å². The normalized spacial score (nSPS) is 10.7. The van der Waals surface area contributed by atoms with Gasteiger partial charge in [0.15, 0.2) is 0 Å². The summed E-state index contributed by atoms with van der Waals surface area (Å²) in [7, 11) is 0. The Bertz CT molecular complexity index is 919. The number of nitrogens with zero attached hydrogens (tertiary/aromatic N) is 1. The maximum atomic E-state index is 11.3. The lowest BCUT2D eigenvalue weighted by atomic mass is 9.93. The van der Waals surface area contributed by atoms with Crippen molar-refractivity contribution in [2.75, 3.05) is 5.32 Å². The first-order chi connectivity index (χ1) is 12.5. The number of carboxylic acids is 1. The average molecular weight is 346 g/mol. The summed E-state index contributed by atoms with van der Waals surface area (Å²) >= 11 is 0. The van der Waals surface area contributed by atoms with E-state index in [1.54, 1.807) is 18.3 Å². The summed E-state index contributed by atoms with van der Waals surface area (Å²) in [5.74, 6) is -0.179. The standard InChI is InChI=1S/C22H22N2O2/c1-15(2)19-10-4-3-8-17(19)13-16-7-5-9-18(14-16)24-21-20(22(25)26)11-6-12-23-21/h3-12,14-15H,13H2,1-2H3,(H,23,24)(H,25,26). The van der Waals surface area contributed by atoms with Crippen molar-refractivity contribution >= 4 is 17.5 Å². The summed E-state index contributed by atoms with van der Waals surface area (Å²) in [6.07, 6.45) is 2.41. The van der Waals surface area contributed by atoms with Crippen LogP contribution in [0.15, 0.2) is 66.9 Å². The van der Waals surface area contributed by atoms with Crippen LogP contribution >= 0.6 is 0 Å². The van der Waals surface area contributed by atoms with Crippen molar-refractivity contribution in [3.8, 4) is 0 Å². The average Bonchev–Trinajstić information content (AvgIpc) is 2.62. The minimum atomic E-state index is -0.998. The number of carboxylic acid groups (broad SMARTS) is 1. The third-order valence-electron chi connectivity index (χ3n) is 4.30. The summed E-state index contributed by atoms with van der Waals surface area (Å²) < 4.78 is 0. The highest BCUT2D eigenvalue weighted by atomic mass is 16.4. The van der Waals surface area contributed by atoms with E-state index in [1.807, 2.05) is 18.2 Å². The molecule has 0 radical (unpaired) electrons. The summed E-state index contributed by atoms with van der Waals surface area (Å²) in [5.41, 5.74) is 4.80. The van der Waals surface area contributed by atoms with Crippen LogP contribution in [0.1, 0.15) is 46.8 Å². The fourth-order valence-electron chi connectivity index (χ4n) is 3.05. The highest BCUT2D eigenvalue weighted by Crippen LogP contribution is 2.24. The number of aromatic carboxylic acids is 1. The van der Waals surface area contributed by atoms with Crippen LogP contribution in [0.2, 0.25) is 0 Å². The van der Waals surface area contributed by atoms with Gasteiger partial charge in [-0.1, -0.05) is 50.2 Å². The lowest BCUT2D eigenvalue weighted by molar-refractivity contribution is 0.0697. The van der Waals surface area contributed by atoms with Gasteiger partial charge in [0.1, 0.15) is 11.4 Å². The van der Waals surface area contributed by atoms with E-state index in [0.29, 0.717) is 11.7 Å². The number of carbonyl (C=O) groups is 1. The smallest absolute Gasteiger partial charge is 0.339 e. The molecule has 2 aromatic carbocycles. The van der Waals surface area contributed by atoms with E-state index >= 15 is 0 Å². The topological polar surface area (TPSA) is 62.2 Å². The molecule has 1 heterocycles. The number of rotatable bonds is 6. The van der Waals surface area contributed by atoms with Crippen LogP contribution in [0.5, 0.6) is 0 Å². The summed E-state index contributed by atoms with van der Waals surface area (Å²) in [6.45, 7) is 4.40. The molecule has 0 amide bonds. The minimum absolute atomic E-state index is 0.156. The summed E-state index contributed by atoms with van der Waals surface area (Å²) in [4.78, 5) is 15.5. The quantitative estimate of drug-likeness (QED) is 0.641. The van der Waals surface area contributed by atoms with E-state index in [0.717, 1.165) is 17.7 Å². The molecule has 3 rings (SSSR count). The minimum Gasteiger partial charge on any atom is -0.478 e. The van der Waals surface area contributed by atoms with Crippen molar-refractivity contribution in [1.82, 2.24) is 4.98 Å². The molecule has 4 heteroatoms. The maximum absolute atomic E-state index is 11.3. The van der Waals surface area contributed by atoms with Gasteiger partial charge in [0, 0.05) is 11.9 Å². The zero-order chi connectivity index (χ0) is 18.5. The molecule has 26 heavy (non-hydrogen) atoms. The van der Waals surface area contributed by atoms with Crippen LogP contribution in [0, 0.1) is 0 Å². The molecular weight excluding hydrogens is 324 g/mol. The van der Waals surface area contributed by atoms with Gasteiger partial charge in [-0.25, -0.2) is 9.78 Å². The van der Waals surface area contributed by atoms with E-state index in [9.17, 15) is 9.90 Å². The van der Waals surface area contributed by atoms with Gasteiger partial charge >= 0.3 is 5.97 Å². The number of nitrogens with one attached hydrogen (secondary N) is 1. The third-order valence-corrected chi connectivity index (χ3v) is 4.30. The van der Waals surface area contributed by atoms with Gasteiger partial charge in [-0.3, -0.25) is 0 Å². The zero-order valence-corrected chi connectivity index (χ0v) is 14.9. The molecule has 3 aromatic rings. The van der Waals surface area contributed by atoms with Crippen LogP contribution in [-0.4, -0.2) is 16.1 Å². The summed E-state index contributed by atoms with van der Waals surface area (Å²) in [6, 6.07) is 19.6. The first-order valence-electron chi connectivity index (χ1n) is 8.66. The lowest BCUT2D eigenvalue weighted by Gasteiger charge is -2.14. The van der Waals surface area contributed by atoms with Crippen LogP contribution < -0.4 is 5.32 Å². The fourth-order valence-corrected chi connectivity index (χ4v) is 3.05. The van der Waals surface area contributed by atoms with Crippen LogP contribution in [0.25, 0.3) is 0 Å². The van der Waals surface area contributed by atoms with Gasteiger partial charge in [0.05, 0.1) is 0 Å². The van der Waals surface area contributed by atoms with E-state index in [4.69, 9.17) is 0 Å². The predicted octanol–water partition coefficient (Wildman–Crippen LogP) is 5.24. The van der Waals surface area contributed by atoms with Crippen molar-refractivity contribution in [2.24, 2.45) is 0 Å². The molecule has 0 aliphatic carbocycles. The molecule has 0 bridgehead atoms. The molecule has 0 unspecified atom stereocenters. The Hall–Kier alpha value is -3.14. The predicted molar refractivity (Wildman–Crippen MR) is 104 cm³/mol. The van der Waals surface area contributed by atoms with Crippen molar-refractivity contribution < 1.29 is 9.90 Å². The van der Waals surface area contributed by atoms with Gasteiger partial charge in [-0.2, -0.15) is 0 Å². The Balaban J connectivity index is 1.85. The first-order valence-corrected chi connectivity index (χ1v) is 8.66. The van der Waals surface area contributed by atoms with E-state index < -0.39 is 5.97 Å². The maximum Gasteiger partial charge on any atom is 0.339 e. The molecule has 0 spiro atoms. The fraction of sp³-hybridized carbons (Fsp3) is 0.182. The van der Waals surface area contributed by atoms with Gasteiger partial charge in [-0.15, -0.1) is 0 Å². The Labute approximate surface area is 153 Å². The molecule has 132 valence electrons. The Morgan fingerprint density at radius 3 is 2.65 bits per heavy atom. The van der Waals surface area contributed by atoms with E-state index in [2.05, 4.69) is 54.5 Å². The molecule has 1 aromatic heterocycles. The number of aromatic nitrogens is 1. The molecule has 4 nitrogen and oxygen atoms in total. The largest absolute Gasteiger partial charge is 0.478 e. The third kappa shape index (κ3) is 4.09. The van der Waals surface area contributed by atoms with E-state index in [1.165, 1.54) is 11.1 Å².